The minimum atomic E-state index is 0. The molecule has 160 valence electrons. The van der Waals surface area contributed by atoms with E-state index in [1.165, 1.54) is 41.4 Å². The standard InChI is InChI=1S/C28H42P.Li/c1-25(2,3)19-13-20(26(4,5)6)16-23(15-19)29-24-17-21(27(7,8)9)14-22(18-24)28(10,11)12;/h13-18H,1-12H3;/q-1;+1. The Hall–Kier alpha value is -0.533. The number of hydrogen-bond acceptors (Lipinski definition) is 0. The Morgan fingerprint density at radius 3 is 0.767 bits per heavy atom. The molecule has 0 bridgehead atoms. The molecule has 0 aliphatic carbocycles. The van der Waals surface area contributed by atoms with Crippen LogP contribution in [0.1, 0.15) is 105 Å². The van der Waals surface area contributed by atoms with Crippen molar-refractivity contribution in [2.24, 2.45) is 0 Å². The van der Waals surface area contributed by atoms with Crippen molar-refractivity contribution < 1.29 is 18.9 Å². The predicted molar refractivity (Wildman–Crippen MR) is 134 cm³/mol. The molecule has 0 amide bonds. The van der Waals surface area contributed by atoms with Crippen LogP contribution in [0.15, 0.2) is 36.4 Å². The van der Waals surface area contributed by atoms with E-state index < -0.39 is 0 Å². The molecule has 0 fully saturated rings. The van der Waals surface area contributed by atoms with E-state index in [1.807, 2.05) is 0 Å². The zero-order valence-corrected chi connectivity index (χ0v) is 22.8. The van der Waals surface area contributed by atoms with Crippen LogP contribution < -0.4 is 29.5 Å². The summed E-state index contributed by atoms with van der Waals surface area (Å²) in [5, 5.41) is 2.79. The summed E-state index contributed by atoms with van der Waals surface area (Å²) in [6.07, 6.45) is 0. The molecule has 2 aromatic rings. The van der Waals surface area contributed by atoms with Crippen molar-refractivity contribution in [3.05, 3.63) is 58.7 Å². The van der Waals surface area contributed by atoms with Crippen molar-refractivity contribution in [2.45, 2.75) is 105 Å². The first-order valence-corrected chi connectivity index (χ1v) is 11.8. The molecule has 2 heteroatoms. The van der Waals surface area contributed by atoms with Crippen molar-refractivity contribution >= 4 is 19.2 Å². The van der Waals surface area contributed by atoms with Crippen LogP contribution >= 0.6 is 8.58 Å². The average Bonchev–Trinajstić information content (AvgIpc) is 2.51. The summed E-state index contributed by atoms with van der Waals surface area (Å²) in [4.78, 5) is 0. The van der Waals surface area contributed by atoms with E-state index in [0.29, 0.717) is 0 Å². The van der Waals surface area contributed by atoms with Crippen LogP contribution in [0.25, 0.3) is 0 Å². The second-order valence-electron chi connectivity index (χ2n) is 12.6. The Balaban J connectivity index is 0.00000450. The number of rotatable bonds is 2. The fourth-order valence-electron chi connectivity index (χ4n) is 3.23. The first kappa shape index (κ1) is 27.5. The summed E-state index contributed by atoms with van der Waals surface area (Å²) in [6, 6.07) is 14.5. The van der Waals surface area contributed by atoms with Gasteiger partial charge in [0.1, 0.15) is 0 Å². The monoisotopic (exact) mass is 416 g/mol. The van der Waals surface area contributed by atoms with Crippen LogP contribution in [0.2, 0.25) is 0 Å². The molecule has 0 saturated heterocycles. The third-order valence-corrected chi connectivity index (χ3v) is 6.59. The molecule has 0 heterocycles. The molecule has 2 rings (SSSR count). The van der Waals surface area contributed by atoms with Gasteiger partial charge in [0.25, 0.3) is 0 Å². The molecular formula is C28H42LiP. The van der Waals surface area contributed by atoms with Crippen molar-refractivity contribution in [1.29, 1.82) is 0 Å². The van der Waals surface area contributed by atoms with E-state index in [2.05, 4.69) is 119 Å². The van der Waals surface area contributed by atoms with Gasteiger partial charge < -0.3 is 8.58 Å². The molecule has 30 heavy (non-hydrogen) atoms. The van der Waals surface area contributed by atoms with Crippen LogP contribution in [0.5, 0.6) is 0 Å². The van der Waals surface area contributed by atoms with Crippen molar-refractivity contribution in [1.82, 2.24) is 0 Å². The second-order valence-corrected chi connectivity index (χ2v) is 13.9. The molecule has 0 unspecified atom stereocenters. The summed E-state index contributed by atoms with van der Waals surface area (Å²) in [7, 11) is 1.29. The van der Waals surface area contributed by atoms with E-state index >= 15 is 0 Å². The Labute approximate surface area is 201 Å². The molecule has 0 saturated carbocycles. The average molecular weight is 417 g/mol. The number of benzene rings is 2. The quantitative estimate of drug-likeness (QED) is 0.488. The Morgan fingerprint density at radius 1 is 0.400 bits per heavy atom. The molecule has 0 aromatic heterocycles. The predicted octanol–water partition coefficient (Wildman–Crippen LogP) is 4.78. The summed E-state index contributed by atoms with van der Waals surface area (Å²) in [5.74, 6) is 0. The van der Waals surface area contributed by atoms with Gasteiger partial charge in [-0.2, -0.15) is 10.6 Å². The fourth-order valence-corrected chi connectivity index (χ4v) is 4.35. The fraction of sp³-hybridized carbons (Fsp3) is 0.571. The normalized spacial score (nSPS) is 13.2. The SMILES string of the molecule is CC(C)(C)c1cc([P-]c2cc(C(C)(C)C)cc(C(C)(C)C)c2)cc(C(C)(C)C)c1.[Li+]. The van der Waals surface area contributed by atoms with Gasteiger partial charge in [-0.1, -0.05) is 119 Å². The van der Waals surface area contributed by atoms with E-state index in [-0.39, 0.29) is 40.5 Å². The molecule has 0 aliphatic rings. The van der Waals surface area contributed by atoms with Gasteiger partial charge in [-0.25, -0.2) is 0 Å². The van der Waals surface area contributed by atoms with Gasteiger partial charge >= 0.3 is 18.9 Å². The number of hydrogen-bond donors (Lipinski definition) is 0. The molecule has 0 aliphatic heterocycles. The van der Waals surface area contributed by atoms with Gasteiger partial charge in [-0.15, -0.1) is 0 Å². The topological polar surface area (TPSA) is 0 Å². The zero-order chi connectivity index (χ0) is 22.4. The van der Waals surface area contributed by atoms with Gasteiger partial charge in [0.05, 0.1) is 0 Å². The van der Waals surface area contributed by atoms with E-state index in [4.69, 9.17) is 0 Å². The van der Waals surface area contributed by atoms with Crippen molar-refractivity contribution in [3.63, 3.8) is 0 Å². The Kier molecular flexibility index (Phi) is 8.38. The summed E-state index contributed by atoms with van der Waals surface area (Å²) < 4.78 is 0. The van der Waals surface area contributed by atoms with Gasteiger partial charge in [0.2, 0.25) is 0 Å². The maximum absolute atomic E-state index is 2.41. The van der Waals surface area contributed by atoms with E-state index in [9.17, 15) is 0 Å². The van der Waals surface area contributed by atoms with Crippen LogP contribution in [-0.4, -0.2) is 0 Å². The molecule has 2 aromatic carbocycles. The molecule has 0 spiro atoms. The minimum Gasteiger partial charge on any atom is -0.472 e. The second kappa shape index (κ2) is 9.14. The van der Waals surface area contributed by atoms with Gasteiger partial charge in [0.15, 0.2) is 0 Å². The smallest absolute Gasteiger partial charge is 0.472 e. The zero-order valence-electron chi connectivity index (χ0n) is 21.9. The van der Waals surface area contributed by atoms with E-state index in [1.54, 1.807) is 0 Å². The van der Waals surface area contributed by atoms with Gasteiger partial charge in [-0.05, 0) is 43.9 Å². The first-order chi connectivity index (χ1) is 12.9. The minimum absolute atomic E-state index is 0. The molecule has 0 atom stereocenters. The van der Waals surface area contributed by atoms with Crippen molar-refractivity contribution in [2.75, 3.05) is 0 Å². The molecule has 0 N–H and O–H groups in total. The van der Waals surface area contributed by atoms with Crippen LogP contribution in [0.3, 0.4) is 0 Å². The Bertz CT molecular complexity index is 727. The maximum atomic E-state index is 2.41. The van der Waals surface area contributed by atoms with Crippen LogP contribution in [-0.2, 0) is 21.7 Å². The molecule has 0 nitrogen and oxygen atoms in total. The van der Waals surface area contributed by atoms with Crippen LogP contribution in [0, 0.1) is 0 Å². The van der Waals surface area contributed by atoms with Crippen LogP contribution in [0.4, 0.5) is 0 Å². The summed E-state index contributed by atoms with van der Waals surface area (Å²) in [5.41, 5.74) is 6.30. The van der Waals surface area contributed by atoms with Gasteiger partial charge in [0, 0.05) is 0 Å². The maximum Gasteiger partial charge on any atom is 1.00 e. The third kappa shape index (κ3) is 7.26. The molecular weight excluding hydrogens is 374 g/mol. The third-order valence-electron chi connectivity index (χ3n) is 5.56. The summed E-state index contributed by atoms with van der Waals surface area (Å²) in [6.45, 7) is 27.8. The Morgan fingerprint density at radius 2 is 0.600 bits per heavy atom. The molecule has 0 radical (unpaired) electrons. The largest absolute Gasteiger partial charge is 1.00 e. The van der Waals surface area contributed by atoms with Crippen molar-refractivity contribution in [3.8, 4) is 0 Å². The van der Waals surface area contributed by atoms with E-state index in [0.717, 1.165) is 0 Å². The van der Waals surface area contributed by atoms with Gasteiger partial charge in [-0.3, -0.25) is 0 Å². The summed E-state index contributed by atoms with van der Waals surface area (Å²) >= 11 is 0. The first-order valence-electron chi connectivity index (χ1n) is 10.9.